The van der Waals surface area contributed by atoms with E-state index in [0.29, 0.717) is 22.6 Å². The molecule has 5 heteroatoms. The molecule has 0 saturated heterocycles. The van der Waals surface area contributed by atoms with Crippen LogP contribution in [0.4, 0.5) is 0 Å². The van der Waals surface area contributed by atoms with Gasteiger partial charge in [-0.25, -0.2) is 0 Å². The molecule has 0 spiro atoms. The number of nitrogens with one attached hydrogen (secondary N) is 1. The Labute approximate surface area is 112 Å². The standard InChI is InChI=1S/C15H9N3O2/c19-10-6-7-11-12(8-10)20-15-13(11)17-18-14(16-15)9-4-2-1-3-5-9/h1-8,17H. The zero-order valence-corrected chi connectivity index (χ0v) is 10.3. The second kappa shape index (κ2) is 4.03. The van der Waals surface area contributed by atoms with E-state index in [1.54, 1.807) is 6.07 Å². The number of nitrogens with zero attached hydrogens (tertiary/aromatic N) is 2. The molecule has 0 unspecified atom stereocenters. The van der Waals surface area contributed by atoms with Crippen molar-refractivity contribution in [3.8, 4) is 11.4 Å². The number of benzene rings is 2. The largest absolute Gasteiger partial charge is 0.436 e. The molecule has 0 amide bonds. The van der Waals surface area contributed by atoms with Crippen molar-refractivity contribution in [1.29, 1.82) is 0 Å². The first-order valence-electron chi connectivity index (χ1n) is 6.16. The predicted molar refractivity (Wildman–Crippen MR) is 75.4 cm³/mol. The van der Waals surface area contributed by atoms with Gasteiger partial charge < -0.3 is 4.42 Å². The molecule has 0 atom stereocenters. The van der Waals surface area contributed by atoms with Crippen molar-refractivity contribution in [2.75, 3.05) is 0 Å². The number of aromatic nitrogens is 3. The highest BCUT2D eigenvalue weighted by Gasteiger charge is 2.11. The lowest BCUT2D eigenvalue weighted by molar-refractivity contribution is 0.650. The second-order valence-corrected chi connectivity index (χ2v) is 4.47. The van der Waals surface area contributed by atoms with Crippen molar-refractivity contribution < 1.29 is 4.42 Å². The number of fused-ring (bicyclic) bond motifs is 3. The van der Waals surface area contributed by atoms with Gasteiger partial charge in [-0.2, -0.15) is 10.1 Å². The van der Waals surface area contributed by atoms with E-state index in [-0.39, 0.29) is 5.43 Å². The molecule has 20 heavy (non-hydrogen) atoms. The summed E-state index contributed by atoms with van der Waals surface area (Å²) in [5, 5.41) is 8.00. The van der Waals surface area contributed by atoms with Gasteiger partial charge in [0.05, 0.1) is 0 Å². The SMILES string of the molecule is O=c1ccc2c(c1)oc1nc(-c3ccccc3)n[nH]c12. The third kappa shape index (κ3) is 1.60. The van der Waals surface area contributed by atoms with E-state index in [2.05, 4.69) is 15.2 Å². The van der Waals surface area contributed by atoms with Crippen LogP contribution >= 0.6 is 0 Å². The van der Waals surface area contributed by atoms with Crippen molar-refractivity contribution in [3.05, 3.63) is 58.8 Å². The average molecular weight is 263 g/mol. The number of rotatable bonds is 1. The normalized spacial score (nSPS) is 11.2. The fraction of sp³-hybridized carbons (Fsp3) is 0. The van der Waals surface area contributed by atoms with Crippen LogP contribution in [-0.2, 0) is 0 Å². The summed E-state index contributed by atoms with van der Waals surface area (Å²) in [7, 11) is 0. The molecule has 4 aromatic rings. The highest BCUT2D eigenvalue weighted by Crippen LogP contribution is 2.25. The van der Waals surface area contributed by atoms with Gasteiger partial charge in [0.1, 0.15) is 11.1 Å². The number of furan rings is 1. The van der Waals surface area contributed by atoms with Crippen molar-refractivity contribution in [2.24, 2.45) is 0 Å². The van der Waals surface area contributed by atoms with Crippen LogP contribution in [0.5, 0.6) is 0 Å². The van der Waals surface area contributed by atoms with Gasteiger partial charge in [-0.05, 0) is 12.1 Å². The first kappa shape index (κ1) is 10.9. The Balaban J connectivity index is 2.00. The van der Waals surface area contributed by atoms with Gasteiger partial charge in [0.2, 0.25) is 5.71 Å². The van der Waals surface area contributed by atoms with Crippen molar-refractivity contribution in [1.82, 2.24) is 15.2 Å². The Bertz CT molecular complexity index is 971. The van der Waals surface area contributed by atoms with Crippen LogP contribution in [0.15, 0.2) is 57.7 Å². The summed E-state index contributed by atoms with van der Waals surface area (Å²) < 4.78 is 5.61. The van der Waals surface area contributed by atoms with Crippen LogP contribution in [0.2, 0.25) is 0 Å². The summed E-state index contributed by atoms with van der Waals surface area (Å²) in [6.45, 7) is 0. The minimum atomic E-state index is -0.0900. The molecular weight excluding hydrogens is 254 g/mol. The fourth-order valence-electron chi connectivity index (χ4n) is 2.20. The summed E-state index contributed by atoms with van der Waals surface area (Å²) >= 11 is 0. The molecule has 0 aliphatic heterocycles. The van der Waals surface area contributed by atoms with Gasteiger partial charge in [-0.3, -0.25) is 9.89 Å². The van der Waals surface area contributed by atoms with E-state index in [1.807, 2.05) is 30.3 Å². The minimum Gasteiger partial charge on any atom is -0.436 e. The van der Waals surface area contributed by atoms with E-state index in [9.17, 15) is 4.79 Å². The Morgan fingerprint density at radius 3 is 2.75 bits per heavy atom. The molecule has 0 fully saturated rings. The van der Waals surface area contributed by atoms with E-state index >= 15 is 0 Å². The van der Waals surface area contributed by atoms with Gasteiger partial charge >= 0.3 is 0 Å². The number of aromatic amines is 1. The summed E-state index contributed by atoms with van der Waals surface area (Å²) in [5.41, 5.74) is 2.46. The third-order valence-electron chi connectivity index (χ3n) is 3.16. The highest BCUT2D eigenvalue weighted by molar-refractivity contribution is 6.00. The Kier molecular flexibility index (Phi) is 2.20. The lowest BCUT2D eigenvalue weighted by Gasteiger charge is -1.98. The van der Waals surface area contributed by atoms with Gasteiger partial charge in [0.25, 0.3) is 0 Å². The van der Waals surface area contributed by atoms with Crippen LogP contribution in [0, 0.1) is 0 Å². The predicted octanol–water partition coefficient (Wildman–Crippen LogP) is 2.73. The highest BCUT2D eigenvalue weighted by atomic mass is 16.3. The van der Waals surface area contributed by atoms with Gasteiger partial charge in [0, 0.05) is 17.0 Å². The van der Waals surface area contributed by atoms with Crippen molar-refractivity contribution in [2.45, 2.75) is 0 Å². The maximum absolute atomic E-state index is 11.3. The van der Waals surface area contributed by atoms with E-state index in [0.717, 1.165) is 10.9 Å². The van der Waals surface area contributed by atoms with Gasteiger partial charge in [-0.15, -0.1) is 0 Å². The molecule has 1 N–H and O–H groups in total. The van der Waals surface area contributed by atoms with Crippen LogP contribution in [0.25, 0.3) is 33.6 Å². The third-order valence-corrected chi connectivity index (χ3v) is 3.16. The van der Waals surface area contributed by atoms with E-state index < -0.39 is 0 Å². The zero-order chi connectivity index (χ0) is 13.5. The smallest absolute Gasteiger partial charge is 0.247 e. The lowest BCUT2D eigenvalue weighted by atomic mass is 10.2. The topological polar surface area (TPSA) is 71.8 Å². The maximum Gasteiger partial charge on any atom is 0.247 e. The number of hydrogen-bond donors (Lipinski definition) is 1. The van der Waals surface area contributed by atoms with Crippen LogP contribution in [-0.4, -0.2) is 15.2 Å². The monoisotopic (exact) mass is 263 g/mol. The Morgan fingerprint density at radius 2 is 1.90 bits per heavy atom. The summed E-state index contributed by atoms with van der Waals surface area (Å²) in [6, 6.07) is 14.3. The summed E-state index contributed by atoms with van der Waals surface area (Å²) in [4.78, 5) is 15.7. The molecule has 0 aliphatic rings. The van der Waals surface area contributed by atoms with Crippen molar-refractivity contribution >= 4 is 22.2 Å². The van der Waals surface area contributed by atoms with E-state index in [1.165, 1.54) is 12.1 Å². The molecule has 96 valence electrons. The molecule has 2 heterocycles. The Hall–Kier alpha value is -2.95. The number of H-pyrrole nitrogens is 1. The van der Waals surface area contributed by atoms with Crippen molar-refractivity contribution in [3.63, 3.8) is 0 Å². The average Bonchev–Trinajstić information content (AvgIpc) is 2.84. The Morgan fingerprint density at radius 1 is 1.05 bits per heavy atom. The zero-order valence-electron chi connectivity index (χ0n) is 10.3. The summed E-state index contributed by atoms with van der Waals surface area (Å²) in [5.74, 6) is 0.555. The molecule has 4 rings (SSSR count). The second-order valence-electron chi connectivity index (χ2n) is 4.47. The van der Waals surface area contributed by atoms with Crippen LogP contribution < -0.4 is 5.43 Å². The molecular formula is C15H9N3O2. The quantitative estimate of drug-likeness (QED) is 0.573. The number of hydrogen-bond acceptors (Lipinski definition) is 4. The molecule has 0 radical (unpaired) electrons. The van der Waals surface area contributed by atoms with Crippen LogP contribution in [0.1, 0.15) is 0 Å². The summed E-state index contributed by atoms with van der Waals surface area (Å²) in [6.07, 6.45) is 0. The molecule has 0 bridgehead atoms. The molecule has 2 aromatic carbocycles. The van der Waals surface area contributed by atoms with Crippen LogP contribution in [0.3, 0.4) is 0 Å². The van der Waals surface area contributed by atoms with Gasteiger partial charge in [-0.1, -0.05) is 30.3 Å². The maximum atomic E-state index is 11.3. The fourth-order valence-corrected chi connectivity index (χ4v) is 2.20. The van der Waals surface area contributed by atoms with E-state index in [4.69, 9.17) is 4.42 Å². The lowest BCUT2D eigenvalue weighted by Crippen LogP contribution is -1.93. The molecule has 2 aromatic heterocycles. The van der Waals surface area contributed by atoms with Gasteiger partial charge in [0.15, 0.2) is 11.3 Å². The minimum absolute atomic E-state index is 0.0900. The first-order valence-corrected chi connectivity index (χ1v) is 6.16. The molecule has 0 saturated carbocycles. The molecule has 0 aliphatic carbocycles. The first-order chi connectivity index (χ1) is 9.81. The molecule has 5 nitrogen and oxygen atoms in total.